The molecule has 0 N–H and O–H groups in total. The van der Waals surface area contributed by atoms with Crippen molar-refractivity contribution in [3.8, 4) is 0 Å². The molecule has 0 aliphatic rings. The van der Waals surface area contributed by atoms with Gasteiger partial charge in [-0.05, 0) is 13.3 Å². The molecule has 0 aromatic carbocycles. The molecule has 66 valence electrons. The quantitative estimate of drug-likeness (QED) is 0.582. The van der Waals surface area contributed by atoms with Gasteiger partial charge in [0.15, 0.2) is 0 Å². The van der Waals surface area contributed by atoms with Crippen LogP contribution in [-0.4, -0.2) is 10.00 Å². The van der Waals surface area contributed by atoms with Crippen LogP contribution in [0.5, 0.6) is 0 Å². The van der Waals surface area contributed by atoms with E-state index in [-0.39, 0.29) is 0 Å². The van der Waals surface area contributed by atoms with E-state index in [4.69, 9.17) is 0 Å². The summed E-state index contributed by atoms with van der Waals surface area (Å²) in [7, 11) is 0. The van der Waals surface area contributed by atoms with Gasteiger partial charge < -0.3 is 0 Å². The maximum atomic E-state index is 2.29. The van der Waals surface area contributed by atoms with Crippen molar-refractivity contribution < 1.29 is 0 Å². The minimum atomic E-state index is 0.404. The van der Waals surface area contributed by atoms with Crippen molar-refractivity contribution in [2.45, 2.75) is 51.0 Å². The Hall–Kier alpha value is 0.0900. The number of hydrogen-bond donors (Lipinski definition) is 0. The van der Waals surface area contributed by atoms with Gasteiger partial charge in [-0.25, -0.2) is 0 Å². The van der Waals surface area contributed by atoms with Gasteiger partial charge in [-0.2, -0.15) is 11.8 Å². The van der Waals surface area contributed by atoms with Gasteiger partial charge in [0.1, 0.15) is 0 Å². The first-order valence-electron chi connectivity index (χ1n) is 4.24. The summed E-state index contributed by atoms with van der Waals surface area (Å²) in [6.45, 7) is 11.2. The molecule has 0 aliphatic carbocycles. The molecule has 0 bridgehead atoms. The predicted octanol–water partition coefficient (Wildman–Crippen LogP) is 3.87. The van der Waals surface area contributed by atoms with Gasteiger partial charge in [-0.3, -0.25) is 0 Å². The number of allylic oxidation sites excluding steroid dienone is 2. The molecule has 1 atom stereocenters. The van der Waals surface area contributed by atoms with Gasteiger partial charge in [0.05, 0.1) is 0 Å². The first-order chi connectivity index (χ1) is 4.95. The van der Waals surface area contributed by atoms with E-state index in [9.17, 15) is 0 Å². The lowest BCUT2D eigenvalue weighted by molar-refractivity contribution is 0.789. The molecule has 0 heterocycles. The number of thioether (sulfide) groups is 1. The van der Waals surface area contributed by atoms with Crippen LogP contribution >= 0.6 is 11.8 Å². The second-order valence-electron chi connectivity index (χ2n) is 3.85. The van der Waals surface area contributed by atoms with Gasteiger partial charge in [0, 0.05) is 10.00 Å². The highest BCUT2D eigenvalue weighted by atomic mass is 32.2. The third-order valence-corrected chi connectivity index (χ3v) is 2.56. The van der Waals surface area contributed by atoms with Gasteiger partial charge in [0.2, 0.25) is 0 Å². The zero-order valence-corrected chi connectivity index (χ0v) is 9.16. The van der Waals surface area contributed by atoms with E-state index in [1.165, 1.54) is 6.42 Å². The van der Waals surface area contributed by atoms with E-state index in [1.807, 2.05) is 11.8 Å². The van der Waals surface area contributed by atoms with E-state index in [0.717, 1.165) is 5.25 Å². The zero-order chi connectivity index (χ0) is 8.91. The monoisotopic (exact) mass is 172 g/mol. The molecule has 0 saturated carbocycles. The van der Waals surface area contributed by atoms with Crippen molar-refractivity contribution >= 4 is 11.8 Å². The molecule has 1 heteroatoms. The van der Waals surface area contributed by atoms with Gasteiger partial charge in [0.25, 0.3) is 0 Å². The average molecular weight is 172 g/mol. The Morgan fingerprint density at radius 2 is 1.91 bits per heavy atom. The molecule has 11 heavy (non-hydrogen) atoms. The maximum absolute atomic E-state index is 2.29. The van der Waals surface area contributed by atoms with E-state index in [2.05, 4.69) is 46.8 Å². The summed E-state index contributed by atoms with van der Waals surface area (Å²) in [6.07, 6.45) is 5.56. The fraction of sp³-hybridized carbons (Fsp3) is 0.800. The molecule has 0 radical (unpaired) electrons. The van der Waals surface area contributed by atoms with Crippen LogP contribution in [0.15, 0.2) is 12.2 Å². The van der Waals surface area contributed by atoms with Gasteiger partial charge >= 0.3 is 0 Å². The lowest BCUT2D eigenvalue weighted by Crippen LogP contribution is -2.12. The summed E-state index contributed by atoms with van der Waals surface area (Å²) >= 11 is 2.05. The standard InChI is InChI=1S/C10H20S/c1-6-7-8-9(2)11-10(3,4)5/h6-7,9H,8H2,1-5H3. The summed E-state index contributed by atoms with van der Waals surface area (Å²) in [6, 6.07) is 0. The van der Waals surface area contributed by atoms with E-state index < -0.39 is 0 Å². The SMILES string of the molecule is CC=CCC(C)SC(C)(C)C. The number of rotatable bonds is 3. The van der Waals surface area contributed by atoms with Crippen LogP contribution < -0.4 is 0 Å². The van der Waals surface area contributed by atoms with Crippen molar-refractivity contribution in [2.75, 3.05) is 0 Å². The molecule has 1 unspecified atom stereocenters. The Kier molecular flexibility index (Phi) is 4.91. The van der Waals surface area contributed by atoms with Gasteiger partial charge in [-0.15, -0.1) is 0 Å². The largest absolute Gasteiger partial charge is 0.153 e. The lowest BCUT2D eigenvalue weighted by Gasteiger charge is -2.21. The Morgan fingerprint density at radius 1 is 1.36 bits per heavy atom. The smallest absolute Gasteiger partial charge is 0.00778 e. The van der Waals surface area contributed by atoms with Crippen molar-refractivity contribution in [3.63, 3.8) is 0 Å². The molecular weight excluding hydrogens is 152 g/mol. The molecule has 0 aromatic rings. The van der Waals surface area contributed by atoms with Crippen LogP contribution in [-0.2, 0) is 0 Å². The molecular formula is C10H20S. The predicted molar refractivity (Wildman–Crippen MR) is 56.2 cm³/mol. The average Bonchev–Trinajstić information content (AvgIpc) is 1.79. The van der Waals surface area contributed by atoms with Crippen LogP contribution in [0, 0.1) is 0 Å². The van der Waals surface area contributed by atoms with Crippen LogP contribution in [0.25, 0.3) is 0 Å². The summed E-state index contributed by atoms with van der Waals surface area (Å²) in [4.78, 5) is 0. The summed E-state index contributed by atoms with van der Waals surface area (Å²) in [5.41, 5.74) is 0. The molecule has 0 fully saturated rings. The normalized spacial score (nSPS) is 15.7. The Labute approximate surface area is 75.5 Å². The summed E-state index contributed by atoms with van der Waals surface area (Å²) in [5, 5.41) is 0.742. The van der Waals surface area contributed by atoms with Crippen LogP contribution in [0.2, 0.25) is 0 Å². The second-order valence-corrected chi connectivity index (χ2v) is 6.11. The van der Waals surface area contributed by atoms with E-state index >= 15 is 0 Å². The maximum Gasteiger partial charge on any atom is 0.00778 e. The van der Waals surface area contributed by atoms with Crippen molar-refractivity contribution in [1.82, 2.24) is 0 Å². The molecule has 0 rings (SSSR count). The molecule has 0 aliphatic heterocycles. The lowest BCUT2D eigenvalue weighted by atomic mass is 10.3. The highest BCUT2D eigenvalue weighted by molar-refractivity contribution is 8.01. The second kappa shape index (κ2) is 4.87. The minimum absolute atomic E-state index is 0.404. The Balaban J connectivity index is 3.60. The molecule has 0 aromatic heterocycles. The Bertz CT molecular complexity index is 119. The first-order valence-corrected chi connectivity index (χ1v) is 5.12. The van der Waals surface area contributed by atoms with Crippen molar-refractivity contribution in [2.24, 2.45) is 0 Å². The van der Waals surface area contributed by atoms with E-state index in [1.54, 1.807) is 0 Å². The molecule has 0 nitrogen and oxygen atoms in total. The van der Waals surface area contributed by atoms with E-state index in [0.29, 0.717) is 4.75 Å². The minimum Gasteiger partial charge on any atom is -0.153 e. The van der Waals surface area contributed by atoms with Gasteiger partial charge in [-0.1, -0.05) is 39.8 Å². The third-order valence-electron chi connectivity index (χ3n) is 1.26. The molecule has 0 spiro atoms. The highest BCUT2D eigenvalue weighted by Gasteiger charge is 2.14. The number of hydrogen-bond acceptors (Lipinski definition) is 1. The van der Waals surface area contributed by atoms with Crippen molar-refractivity contribution in [3.05, 3.63) is 12.2 Å². The Morgan fingerprint density at radius 3 is 2.27 bits per heavy atom. The van der Waals surface area contributed by atoms with Crippen molar-refractivity contribution in [1.29, 1.82) is 0 Å². The molecule has 0 saturated heterocycles. The summed E-state index contributed by atoms with van der Waals surface area (Å²) in [5.74, 6) is 0. The summed E-state index contributed by atoms with van der Waals surface area (Å²) < 4.78 is 0.404. The third kappa shape index (κ3) is 7.99. The first kappa shape index (κ1) is 11.1. The van der Waals surface area contributed by atoms with Crippen LogP contribution in [0.4, 0.5) is 0 Å². The van der Waals surface area contributed by atoms with Crippen LogP contribution in [0.3, 0.4) is 0 Å². The zero-order valence-electron chi connectivity index (χ0n) is 8.35. The highest BCUT2D eigenvalue weighted by Crippen LogP contribution is 2.29. The molecule has 0 amide bonds. The van der Waals surface area contributed by atoms with Crippen LogP contribution in [0.1, 0.15) is 41.0 Å². The fourth-order valence-electron chi connectivity index (χ4n) is 0.979. The fourth-order valence-corrected chi connectivity index (χ4v) is 2.39. The topological polar surface area (TPSA) is 0 Å².